The molecule has 25 heavy (non-hydrogen) atoms. The first-order chi connectivity index (χ1) is 11.8. The molecule has 1 heterocycles. The molecule has 1 aliphatic carbocycles. The van der Waals surface area contributed by atoms with E-state index >= 15 is 0 Å². The number of ether oxygens (including phenoxy) is 1. The van der Waals surface area contributed by atoms with Gasteiger partial charge in [-0.15, -0.1) is 0 Å². The first kappa shape index (κ1) is 18.9. The molecule has 4 nitrogen and oxygen atoms in total. The highest BCUT2D eigenvalue weighted by Crippen LogP contribution is 2.30. The Morgan fingerprint density at radius 3 is 2.48 bits per heavy atom. The topological polar surface area (TPSA) is 46.6 Å². The summed E-state index contributed by atoms with van der Waals surface area (Å²) in [7, 11) is -3.24. The van der Waals surface area contributed by atoms with Gasteiger partial charge in [0.1, 0.15) is 0 Å². The fourth-order valence-corrected chi connectivity index (χ4v) is 5.68. The maximum atomic E-state index is 12.9. The van der Waals surface area contributed by atoms with Crippen LogP contribution in [0, 0.1) is 0 Å². The lowest BCUT2D eigenvalue weighted by molar-refractivity contribution is -0.0585. The second-order valence-corrected chi connectivity index (χ2v) is 10.4. The second-order valence-electron chi connectivity index (χ2n) is 8.38. The Labute approximate surface area is 152 Å². The largest absolute Gasteiger partial charge is 0.375 e. The van der Waals surface area contributed by atoms with E-state index < -0.39 is 10.0 Å². The minimum atomic E-state index is -3.24. The van der Waals surface area contributed by atoms with Crippen molar-refractivity contribution in [2.75, 3.05) is 18.9 Å². The van der Waals surface area contributed by atoms with Gasteiger partial charge in [-0.2, -0.15) is 4.31 Å². The van der Waals surface area contributed by atoms with E-state index in [-0.39, 0.29) is 23.3 Å². The fourth-order valence-electron chi connectivity index (χ4n) is 3.94. The standard InChI is InChI=1S/C20H31NO3S/c1-20(2,3)17-10-8-16(9-11-17)12-15-25(22,23)21-13-14-24-19-7-5-4-6-18(19)21/h8-11,18-19H,4-7,12-15H2,1-3H3. The van der Waals surface area contributed by atoms with Crippen LogP contribution in [0.25, 0.3) is 0 Å². The molecule has 2 unspecified atom stereocenters. The molecule has 2 fully saturated rings. The molecule has 0 N–H and O–H groups in total. The number of hydrogen-bond donors (Lipinski definition) is 0. The lowest BCUT2D eigenvalue weighted by Crippen LogP contribution is -2.55. The lowest BCUT2D eigenvalue weighted by atomic mass is 9.86. The maximum Gasteiger partial charge on any atom is 0.214 e. The van der Waals surface area contributed by atoms with Crippen molar-refractivity contribution >= 4 is 10.0 Å². The van der Waals surface area contributed by atoms with Gasteiger partial charge in [-0.25, -0.2) is 8.42 Å². The Bertz CT molecular complexity index is 674. The van der Waals surface area contributed by atoms with Crippen molar-refractivity contribution in [2.24, 2.45) is 0 Å². The third kappa shape index (κ3) is 4.44. The number of rotatable bonds is 4. The number of nitrogens with zero attached hydrogens (tertiary/aromatic N) is 1. The average molecular weight is 366 g/mol. The summed E-state index contributed by atoms with van der Waals surface area (Å²) in [6.07, 6.45) is 4.85. The summed E-state index contributed by atoms with van der Waals surface area (Å²) in [6, 6.07) is 8.43. The van der Waals surface area contributed by atoms with E-state index in [1.165, 1.54) is 5.56 Å². The van der Waals surface area contributed by atoms with E-state index in [0.29, 0.717) is 19.6 Å². The molecule has 0 amide bonds. The summed E-state index contributed by atoms with van der Waals surface area (Å²) in [5, 5.41) is 0. The molecule has 0 radical (unpaired) electrons. The van der Waals surface area contributed by atoms with Crippen molar-refractivity contribution in [3.63, 3.8) is 0 Å². The summed E-state index contributed by atoms with van der Waals surface area (Å²) in [4.78, 5) is 0. The number of morpholine rings is 1. The number of hydrogen-bond acceptors (Lipinski definition) is 3. The SMILES string of the molecule is CC(C)(C)c1ccc(CCS(=O)(=O)N2CCOC3CCCCC32)cc1. The Balaban J connectivity index is 1.65. The van der Waals surface area contributed by atoms with Crippen LogP contribution in [0.2, 0.25) is 0 Å². The normalized spacial score (nSPS) is 25.6. The van der Waals surface area contributed by atoms with Crippen LogP contribution in [-0.2, 0) is 26.6 Å². The molecule has 0 spiro atoms. The Morgan fingerprint density at radius 1 is 1.12 bits per heavy atom. The van der Waals surface area contributed by atoms with Gasteiger partial charge in [0.15, 0.2) is 0 Å². The average Bonchev–Trinajstić information content (AvgIpc) is 2.59. The molecule has 1 saturated carbocycles. The van der Waals surface area contributed by atoms with Crippen molar-refractivity contribution in [1.82, 2.24) is 4.31 Å². The van der Waals surface area contributed by atoms with Crippen molar-refractivity contribution in [3.05, 3.63) is 35.4 Å². The molecule has 1 aliphatic heterocycles. The third-order valence-electron chi connectivity index (χ3n) is 5.51. The van der Waals surface area contributed by atoms with Gasteiger partial charge in [-0.05, 0) is 35.8 Å². The van der Waals surface area contributed by atoms with Crippen molar-refractivity contribution < 1.29 is 13.2 Å². The molecule has 5 heteroatoms. The monoisotopic (exact) mass is 365 g/mol. The molecular weight excluding hydrogens is 334 g/mol. The number of benzene rings is 1. The molecule has 0 aromatic heterocycles. The summed E-state index contributed by atoms with van der Waals surface area (Å²) in [5.41, 5.74) is 2.48. The van der Waals surface area contributed by atoms with Crippen molar-refractivity contribution in [3.8, 4) is 0 Å². The summed E-state index contributed by atoms with van der Waals surface area (Å²) >= 11 is 0. The third-order valence-corrected chi connectivity index (χ3v) is 7.40. The minimum Gasteiger partial charge on any atom is -0.375 e. The molecular formula is C20H31NO3S. The van der Waals surface area contributed by atoms with Crippen LogP contribution < -0.4 is 0 Å². The Hall–Kier alpha value is -0.910. The molecule has 1 aromatic carbocycles. The van der Waals surface area contributed by atoms with Crippen LogP contribution in [-0.4, -0.2) is 43.8 Å². The molecule has 2 aliphatic rings. The van der Waals surface area contributed by atoms with Crippen LogP contribution in [0.15, 0.2) is 24.3 Å². The van der Waals surface area contributed by atoms with Gasteiger partial charge in [0.2, 0.25) is 10.0 Å². The smallest absolute Gasteiger partial charge is 0.214 e. The summed E-state index contributed by atoms with van der Waals surface area (Å²) in [6.45, 7) is 7.59. The fraction of sp³-hybridized carbons (Fsp3) is 0.700. The number of fused-ring (bicyclic) bond motifs is 1. The van der Waals surface area contributed by atoms with E-state index in [2.05, 4.69) is 45.0 Å². The highest BCUT2D eigenvalue weighted by Gasteiger charge is 2.39. The van der Waals surface area contributed by atoms with Gasteiger partial charge in [0.05, 0.1) is 24.5 Å². The highest BCUT2D eigenvalue weighted by atomic mass is 32.2. The van der Waals surface area contributed by atoms with E-state index in [1.54, 1.807) is 4.31 Å². The van der Waals surface area contributed by atoms with E-state index in [4.69, 9.17) is 4.74 Å². The number of sulfonamides is 1. The zero-order valence-electron chi connectivity index (χ0n) is 15.7. The van der Waals surface area contributed by atoms with Gasteiger partial charge >= 0.3 is 0 Å². The molecule has 1 saturated heterocycles. The van der Waals surface area contributed by atoms with E-state index in [9.17, 15) is 8.42 Å². The molecule has 1 aromatic rings. The maximum absolute atomic E-state index is 12.9. The first-order valence-electron chi connectivity index (χ1n) is 9.48. The van der Waals surface area contributed by atoms with Crippen LogP contribution >= 0.6 is 0 Å². The van der Waals surface area contributed by atoms with E-state index in [1.807, 2.05) is 0 Å². The second kappa shape index (κ2) is 7.37. The van der Waals surface area contributed by atoms with Crippen LogP contribution in [0.5, 0.6) is 0 Å². The zero-order valence-corrected chi connectivity index (χ0v) is 16.5. The predicted octanol–water partition coefficient (Wildman–Crippen LogP) is 3.50. The van der Waals surface area contributed by atoms with Gasteiger partial charge in [0.25, 0.3) is 0 Å². The lowest BCUT2D eigenvalue weighted by Gasteiger charge is -2.42. The summed E-state index contributed by atoms with van der Waals surface area (Å²) in [5.74, 6) is 0.186. The Morgan fingerprint density at radius 2 is 1.80 bits per heavy atom. The van der Waals surface area contributed by atoms with E-state index in [0.717, 1.165) is 31.2 Å². The number of aryl methyl sites for hydroxylation is 1. The van der Waals surface area contributed by atoms with Crippen LogP contribution in [0.4, 0.5) is 0 Å². The van der Waals surface area contributed by atoms with Gasteiger partial charge in [-0.3, -0.25) is 0 Å². The predicted molar refractivity (Wildman–Crippen MR) is 101 cm³/mol. The van der Waals surface area contributed by atoms with Gasteiger partial charge < -0.3 is 4.74 Å². The molecule has 2 atom stereocenters. The van der Waals surface area contributed by atoms with Crippen LogP contribution in [0.1, 0.15) is 57.6 Å². The molecule has 3 rings (SSSR count). The Kier molecular flexibility index (Phi) is 5.57. The summed E-state index contributed by atoms with van der Waals surface area (Å²) < 4.78 is 33.4. The quantitative estimate of drug-likeness (QED) is 0.820. The van der Waals surface area contributed by atoms with Crippen molar-refractivity contribution in [1.29, 1.82) is 0 Å². The highest BCUT2D eigenvalue weighted by molar-refractivity contribution is 7.89. The zero-order chi connectivity index (χ0) is 18.1. The van der Waals surface area contributed by atoms with Gasteiger partial charge in [0, 0.05) is 6.54 Å². The van der Waals surface area contributed by atoms with Crippen molar-refractivity contribution in [2.45, 2.75) is 70.4 Å². The molecule has 0 bridgehead atoms. The van der Waals surface area contributed by atoms with Gasteiger partial charge in [-0.1, -0.05) is 57.9 Å². The van der Waals surface area contributed by atoms with Crippen LogP contribution in [0.3, 0.4) is 0 Å². The first-order valence-corrected chi connectivity index (χ1v) is 11.1. The molecule has 140 valence electrons. The minimum absolute atomic E-state index is 0.0516.